The van der Waals surface area contributed by atoms with Gasteiger partial charge in [-0.05, 0) is 18.8 Å². The Hall–Kier alpha value is -1.49. The van der Waals surface area contributed by atoms with Gasteiger partial charge in [0, 0.05) is 25.0 Å². The van der Waals surface area contributed by atoms with Crippen molar-refractivity contribution in [2.45, 2.75) is 31.7 Å². The van der Waals surface area contributed by atoms with Crippen molar-refractivity contribution in [1.82, 2.24) is 15.3 Å². The zero-order valence-electron chi connectivity index (χ0n) is 9.80. The SMILES string of the molecule is NCC(NC(=O)c1cnccn1)C1CCCC1. The van der Waals surface area contributed by atoms with Gasteiger partial charge in [0.25, 0.3) is 5.91 Å². The summed E-state index contributed by atoms with van der Waals surface area (Å²) in [4.78, 5) is 19.8. The molecule has 1 aliphatic carbocycles. The van der Waals surface area contributed by atoms with Gasteiger partial charge in [0.15, 0.2) is 0 Å². The zero-order chi connectivity index (χ0) is 12.1. The van der Waals surface area contributed by atoms with Crippen LogP contribution < -0.4 is 11.1 Å². The Morgan fingerprint density at radius 1 is 1.47 bits per heavy atom. The molecule has 5 heteroatoms. The highest BCUT2D eigenvalue weighted by molar-refractivity contribution is 5.92. The van der Waals surface area contributed by atoms with E-state index in [2.05, 4.69) is 15.3 Å². The van der Waals surface area contributed by atoms with E-state index in [1.54, 1.807) is 6.20 Å². The standard InChI is InChI=1S/C12H18N4O/c13-7-10(9-3-1-2-4-9)16-12(17)11-8-14-5-6-15-11/h5-6,8-10H,1-4,7,13H2,(H,16,17). The molecule has 0 radical (unpaired) electrons. The van der Waals surface area contributed by atoms with Crippen LogP contribution in [0.5, 0.6) is 0 Å². The molecule has 0 spiro atoms. The van der Waals surface area contributed by atoms with E-state index in [-0.39, 0.29) is 11.9 Å². The van der Waals surface area contributed by atoms with Gasteiger partial charge in [-0.25, -0.2) is 4.98 Å². The monoisotopic (exact) mass is 234 g/mol. The van der Waals surface area contributed by atoms with Crippen molar-refractivity contribution in [2.24, 2.45) is 11.7 Å². The maximum Gasteiger partial charge on any atom is 0.271 e. The number of hydrogen-bond donors (Lipinski definition) is 2. The Labute approximate surface area is 101 Å². The van der Waals surface area contributed by atoms with Crippen molar-refractivity contribution < 1.29 is 4.79 Å². The summed E-state index contributed by atoms with van der Waals surface area (Å²) < 4.78 is 0. The summed E-state index contributed by atoms with van der Waals surface area (Å²) in [7, 11) is 0. The number of amides is 1. The van der Waals surface area contributed by atoms with Gasteiger partial charge >= 0.3 is 0 Å². The minimum Gasteiger partial charge on any atom is -0.346 e. The minimum atomic E-state index is -0.180. The molecule has 1 aliphatic rings. The van der Waals surface area contributed by atoms with Gasteiger partial charge in [-0.15, -0.1) is 0 Å². The van der Waals surface area contributed by atoms with E-state index in [0.29, 0.717) is 18.2 Å². The highest BCUT2D eigenvalue weighted by atomic mass is 16.1. The summed E-state index contributed by atoms with van der Waals surface area (Å²) in [5.41, 5.74) is 6.08. The fraction of sp³-hybridized carbons (Fsp3) is 0.583. The van der Waals surface area contributed by atoms with Crippen LogP contribution in [-0.4, -0.2) is 28.5 Å². The maximum absolute atomic E-state index is 11.9. The van der Waals surface area contributed by atoms with E-state index in [1.165, 1.54) is 25.2 Å². The van der Waals surface area contributed by atoms with Gasteiger partial charge in [-0.2, -0.15) is 0 Å². The Morgan fingerprint density at radius 2 is 2.24 bits per heavy atom. The quantitative estimate of drug-likeness (QED) is 0.804. The van der Waals surface area contributed by atoms with Crippen molar-refractivity contribution in [3.63, 3.8) is 0 Å². The second kappa shape index (κ2) is 5.72. The summed E-state index contributed by atoms with van der Waals surface area (Å²) in [5, 5.41) is 2.96. The lowest BCUT2D eigenvalue weighted by atomic mass is 9.98. The first-order valence-corrected chi connectivity index (χ1v) is 6.08. The molecule has 2 rings (SSSR count). The van der Waals surface area contributed by atoms with Crippen molar-refractivity contribution in [3.05, 3.63) is 24.3 Å². The number of hydrogen-bond acceptors (Lipinski definition) is 4. The summed E-state index contributed by atoms with van der Waals surface area (Å²) in [5.74, 6) is 0.334. The molecule has 1 atom stereocenters. The molecule has 1 amide bonds. The van der Waals surface area contributed by atoms with Gasteiger partial charge in [0.2, 0.25) is 0 Å². The summed E-state index contributed by atoms with van der Waals surface area (Å²) in [6, 6.07) is 0.0620. The van der Waals surface area contributed by atoms with Gasteiger partial charge in [0.1, 0.15) is 5.69 Å². The molecule has 1 saturated carbocycles. The average molecular weight is 234 g/mol. The molecule has 0 aliphatic heterocycles. The molecule has 3 N–H and O–H groups in total. The third-order valence-electron chi connectivity index (χ3n) is 3.34. The van der Waals surface area contributed by atoms with Crippen molar-refractivity contribution in [1.29, 1.82) is 0 Å². The van der Waals surface area contributed by atoms with Crippen LogP contribution in [0.25, 0.3) is 0 Å². The molecule has 1 fully saturated rings. The zero-order valence-corrected chi connectivity index (χ0v) is 9.80. The molecular formula is C12H18N4O. The smallest absolute Gasteiger partial charge is 0.271 e. The summed E-state index contributed by atoms with van der Waals surface area (Å²) in [6.45, 7) is 0.483. The second-order valence-corrected chi connectivity index (χ2v) is 4.45. The minimum absolute atomic E-state index is 0.0620. The van der Waals surface area contributed by atoms with Crippen LogP contribution >= 0.6 is 0 Å². The normalized spacial score (nSPS) is 17.9. The number of nitrogens with one attached hydrogen (secondary N) is 1. The van der Waals surface area contributed by atoms with Crippen LogP contribution in [0.3, 0.4) is 0 Å². The first-order valence-electron chi connectivity index (χ1n) is 6.08. The lowest BCUT2D eigenvalue weighted by Crippen LogP contribution is -2.44. The number of nitrogens with two attached hydrogens (primary N) is 1. The van der Waals surface area contributed by atoms with Gasteiger partial charge in [-0.3, -0.25) is 9.78 Å². The third kappa shape index (κ3) is 3.00. The van der Waals surface area contributed by atoms with Crippen molar-refractivity contribution in [2.75, 3.05) is 6.54 Å². The molecule has 1 aromatic heterocycles. The molecule has 1 aromatic rings. The highest BCUT2D eigenvalue weighted by Crippen LogP contribution is 2.27. The molecular weight excluding hydrogens is 216 g/mol. The van der Waals surface area contributed by atoms with Crippen molar-refractivity contribution >= 4 is 5.91 Å². The molecule has 1 heterocycles. The fourth-order valence-corrected chi connectivity index (χ4v) is 2.39. The summed E-state index contributed by atoms with van der Waals surface area (Å²) in [6.07, 6.45) is 9.32. The number of aromatic nitrogens is 2. The van der Waals surface area contributed by atoms with Crippen LogP contribution in [0.1, 0.15) is 36.2 Å². The van der Waals surface area contributed by atoms with E-state index >= 15 is 0 Å². The predicted molar refractivity (Wildman–Crippen MR) is 64.3 cm³/mol. The largest absolute Gasteiger partial charge is 0.346 e. The molecule has 0 aromatic carbocycles. The van der Waals surface area contributed by atoms with Gasteiger partial charge in [-0.1, -0.05) is 12.8 Å². The lowest BCUT2D eigenvalue weighted by Gasteiger charge is -2.22. The number of carbonyl (C=O) groups is 1. The number of rotatable bonds is 4. The summed E-state index contributed by atoms with van der Waals surface area (Å²) >= 11 is 0. The van der Waals surface area contributed by atoms with E-state index in [0.717, 1.165) is 12.8 Å². The van der Waals surface area contributed by atoms with E-state index in [1.807, 2.05) is 0 Å². The highest BCUT2D eigenvalue weighted by Gasteiger charge is 2.25. The first kappa shape index (κ1) is 12.0. The topological polar surface area (TPSA) is 80.9 Å². The van der Waals surface area contributed by atoms with Crippen LogP contribution in [0.15, 0.2) is 18.6 Å². The molecule has 17 heavy (non-hydrogen) atoms. The van der Waals surface area contributed by atoms with Crippen LogP contribution in [0.4, 0.5) is 0 Å². The van der Waals surface area contributed by atoms with Crippen LogP contribution in [-0.2, 0) is 0 Å². The number of carbonyl (C=O) groups excluding carboxylic acids is 1. The first-order chi connectivity index (χ1) is 8.31. The third-order valence-corrected chi connectivity index (χ3v) is 3.34. The Kier molecular flexibility index (Phi) is 4.03. The lowest BCUT2D eigenvalue weighted by molar-refractivity contribution is 0.0918. The van der Waals surface area contributed by atoms with Crippen LogP contribution in [0, 0.1) is 5.92 Å². The van der Waals surface area contributed by atoms with Gasteiger partial charge in [0.05, 0.1) is 6.20 Å². The molecule has 1 unspecified atom stereocenters. The molecule has 5 nitrogen and oxygen atoms in total. The van der Waals surface area contributed by atoms with Crippen LogP contribution in [0.2, 0.25) is 0 Å². The Bertz CT molecular complexity index is 362. The Balaban J connectivity index is 1.96. The number of nitrogens with zero attached hydrogens (tertiary/aromatic N) is 2. The second-order valence-electron chi connectivity index (χ2n) is 4.45. The van der Waals surface area contributed by atoms with Gasteiger partial charge < -0.3 is 11.1 Å². The van der Waals surface area contributed by atoms with E-state index in [4.69, 9.17) is 5.73 Å². The maximum atomic E-state index is 11.9. The molecule has 0 saturated heterocycles. The Morgan fingerprint density at radius 3 is 2.82 bits per heavy atom. The predicted octanol–water partition coefficient (Wildman–Crippen LogP) is 0.724. The van der Waals surface area contributed by atoms with Crippen molar-refractivity contribution in [3.8, 4) is 0 Å². The molecule has 0 bridgehead atoms. The van der Waals surface area contributed by atoms with E-state index < -0.39 is 0 Å². The molecule has 92 valence electrons. The average Bonchev–Trinajstić information content (AvgIpc) is 2.90. The van der Waals surface area contributed by atoms with E-state index in [9.17, 15) is 4.79 Å². The fourth-order valence-electron chi connectivity index (χ4n) is 2.39.